The van der Waals surface area contributed by atoms with E-state index in [2.05, 4.69) is 67.0 Å². The normalized spacial score (nSPS) is 20.2. The molecule has 2 aliphatic rings. The fourth-order valence-corrected chi connectivity index (χ4v) is 5.46. The van der Waals surface area contributed by atoms with Gasteiger partial charge in [0.05, 0.1) is 0 Å². The van der Waals surface area contributed by atoms with E-state index in [9.17, 15) is 8.78 Å². The molecule has 4 N–H and O–H groups in total. The van der Waals surface area contributed by atoms with Crippen LogP contribution in [-0.4, -0.2) is 63.8 Å². The van der Waals surface area contributed by atoms with Crippen LogP contribution >= 0.6 is 0 Å². The van der Waals surface area contributed by atoms with E-state index in [1.807, 2.05) is 0 Å². The van der Waals surface area contributed by atoms with Crippen LogP contribution in [0.5, 0.6) is 11.5 Å². The van der Waals surface area contributed by atoms with E-state index in [0.717, 1.165) is 12.8 Å². The molecule has 37 heavy (non-hydrogen) atoms. The van der Waals surface area contributed by atoms with Crippen LogP contribution in [0.15, 0.2) is 18.2 Å². The number of nitrogens with one attached hydrogen (secondary N) is 2. The molecule has 0 atom stereocenters. The Labute approximate surface area is 216 Å². The SMILES string of the molecule is CC(C)N1CC(Oc2ccc(-c3nc(N)nc(NC4CC(C)(C)NC(C)(C)C4)c3F)cc2OC(F)F)C1. The highest BCUT2D eigenvalue weighted by Gasteiger charge is 2.38. The monoisotopic (exact) mass is 522 g/mol. The van der Waals surface area contributed by atoms with Crippen LogP contribution in [0, 0.1) is 5.82 Å². The molecule has 1 aromatic heterocycles. The number of nitrogens with zero attached hydrogens (tertiary/aromatic N) is 3. The van der Waals surface area contributed by atoms with Gasteiger partial charge in [-0.05, 0) is 72.6 Å². The van der Waals surface area contributed by atoms with Gasteiger partial charge in [0.1, 0.15) is 11.8 Å². The molecule has 0 radical (unpaired) electrons. The van der Waals surface area contributed by atoms with Crippen LogP contribution in [0.4, 0.5) is 24.9 Å². The number of hydrogen-bond acceptors (Lipinski definition) is 8. The number of anilines is 2. The topological polar surface area (TPSA) is 97.6 Å². The van der Waals surface area contributed by atoms with Crippen molar-refractivity contribution in [3.63, 3.8) is 0 Å². The summed E-state index contributed by atoms with van der Waals surface area (Å²) in [7, 11) is 0. The van der Waals surface area contributed by atoms with Gasteiger partial charge in [-0.2, -0.15) is 13.8 Å². The maximum atomic E-state index is 15.7. The smallest absolute Gasteiger partial charge is 0.387 e. The molecule has 1 aromatic carbocycles. The largest absolute Gasteiger partial charge is 0.484 e. The molecule has 2 aliphatic heterocycles. The second-order valence-corrected chi connectivity index (χ2v) is 11.6. The van der Waals surface area contributed by atoms with Gasteiger partial charge in [-0.25, -0.2) is 9.37 Å². The lowest BCUT2D eigenvalue weighted by atomic mass is 9.79. The van der Waals surface area contributed by atoms with Crippen LogP contribution in [0.3, 0.4) is 0 Å². The van der Waals surface area contributed by atoms with Crippen molar-refractivity contribution in [3.05, 3.63) is 24.0 Å². The fourth-order valence-electron chi connectivity index (χ4n) is 5.46. The lowest BCUT2D eigenvalue weighted by Crippen LogP contribution is -2.60. The number of benzene rings is 1. The lowest BCUT2D eigenvalue weighted by Gasteiger charge is -2.46. The molecular formula is C26H37F3N6O2. The summed E-state index contributed by atoms with van der Waals surface area (Å²) in [6.45, 7) is 10.8. The number of aromatic nitrogens is 2. The standard InChI is InChI=1S/C26H37F3N6O2/c1-14(2)35-12-17(13-35)36-18-8-7-15(9-19(18)37-23(28)29)21-20(27)22(33-24(30)32-21)31-16-10-25(3,4)34-26(5,6)11-16/h7-9,14,16-17,23,34H,10-13H2,1-6H3,(H3,30,31,32,33). The maximum Gasteiger partial charge on any atom is 0.387 e. The van der Waals surface area contributed by atoms with E-state index >= 15 is 4.39 Å². The zero-order valence-electron chi connectivity index (χ0n) is 22.2. The molecule has 11 heteroatoms. The number of piperidine rings is 1. The second-order valence-electron chi connectivity index (χ2n) is 11.6. The molecule has 3 heterocycles. The van der Waals surface area contributed by atoms with Gasteiger partial charge < -0.3 is 25.8 Å². The molecule has 2 saturated heterocycles. The Morgan fingerprint density at radius 1 is 1.08 bits per heavy atom. The molecule has 204 valence electrons. The molecule has 0 spiro atoms. The van der Waals surface area contributed by atoms with E-state index in [4.69, 9.17) is 15.2 Å². The zero-order chi connectivity index (χ0) is 27.1. The average molecular weight is 523 g/mol. The molecule has 4 rings (SSSR count). The first-order chi connectivity index (χ1) is 17.2. The van der Waals surface area contributed by atoms with Gasteiger partial charge in [-0.15, -0.1) is 0 Å². The first-order valence-corrected chi connectivity index (χ1v) is 12.6. The van der Waals surface area contributed by atoms with Gasteiger partial charge in [0.15, 0.2) is 23.1 Å². The Bertz CT molecular complexity index is 1110. The number of rotatable bonds is 8. The molecular weight excluding hydrogens is 485 g/mol. The maximum absolute atomic E-state index is 15.7. The van der Waals surface area contributed by atoms with E-state index in [0.29, 0.717) is 19.1 Å². The van der Waals surface area contributed by atoms with Crippen LogP contribution in [-0.2, 0) is 0 Å². The summed E-state index contributed by atoms with van der Waals surface area (Å²) in [5.74, 6) is -0.903. The highest BCUT2D eigenvalue weighted by molar-refractivity contribution is 5.68. The van der Waals surface area contributed by atoms with Gasteiger partial charge in [-0.1, -0.05) is 0 Å². The van der Waals surface area contributed by atoms with E-state index in [-0.39, 0.29) is 57.7 Å². The highest BCUT2D eigenvalue weighted by Crippen LogP contribution is 2.37. The third-order valence-corrected chi connectivity index (χ3v) is 6.73. The number of nitrogen functional groups attached to an aromatic ring is 1. The number of hydrogen-bond donors (Lipinski definition) is 3. The molecule has 2 fully saturated rings. The Morgan fingerprint density at radius 3 is 2.32 bits per heavy atom. The van der Waals surface area contributed by atoms with Gasteiger partial charge in [-0.3, -0.25) is 4.90 Å². The van der Waals surface area contributed by atoms with Gasteiger partial charge in [0.2, 0.25) is 5.95 Å². The van der Waals surface area contributed by atoms with Crippen molar-refractivity contribution >= 4 is 11.8 Å². The number of likely N-dealkylation sites (tertiary alicyclic amines) is 1. The lowest BCUT2D eigenvalue weighted by molar-refractivity contribution is -0.0550. The van der Waals surface area contributed by atoms with Crippen LogP contribution < -0.4 is 25.8 Å². The molecule has 0 aliphatic carbocycles. The minimum Gasteiger partial charge on any atom is -0.484 e. The molecule has 8 nitrogen and oxygen atoms in total. The molecule has 0 amide bonds. The first-order valence-electron chi connectivity index (χ1n) is 12.6. The van der Waals surface area contributed by atoms with Crippen molar-refractivity contribution in [2.24, 2.45) is 0 Å². The predicted octanol–water partition coefficient (Wildman–Crippen LogP) is 4.66. The summed E-state index contributed by atoms with van der Waals surface area (Å²) in [5.41, 5.74) is 5.72. The summed E-state index contributed by atoms with van der Waals surface area (Å²) in [5, 5.41) is 6.78. The quantitative estimate of drug-likeness (QED) is 0.461. The first kappa shape index (κ1) is 27.3. The number of ether oxygens (including phenoxy) is 2. The Kier molecular flexibility index (Phi) is 7.49. The Balaban J connectivity index is 1.60. The van der Waals surface area contributed by atoms with Crippen molar-refractivity contribution in [1.29, 1.82) is 0 Å². The minimum atomic E-state index is -3.07. The Hall–Kier alpha value is -2.79. The van der Waals surface area contributed by atoms with E-state index in [1.165, 1.54) is 12.1 Å². The Morgan fingerprint density at radius 2 is 1.73 bits per heavy atom. The van der Waals surface area contributed by atoms with Gasteiger partial charge >= 0.3 is 6.61 Å². The van der Waals surface area contributed by atoms with Crippen LogP contribution in [0.2, 0.25) is 0 Å². The summed E-state index contributed by atoms with van der Waals surface area (Å²) >= 11 is 0. The van der Waals surface area contributed by atoms with Gasteiger partial charge in [0, 0.05) is 41.8 Å². The second kappa shape index (κ2) is 10.2. The summed E-state index contributed by atoms with van der Waals surface area (Å²) in [4.78, 5) is 10.4. The van der Waals surface area contributed by atoms with Crippen LogP contribution in [0.25, 0.3) is 11.3 Å². The van der Waals surface area contributed by atoms with E-state index < -0.39 is 12.4 Å². The highest BCUT2D eigenvalue weighted by atomic mass is 19.3. The van der Waals surface area contributed by atoms with Crippen molar-refractivity contribution in [3.8, 4) is 22.8 Å². The average Bonchev–Trinajstić information content (AvgIpc) is 2.70. The fraction of sp³-hybridized carbons (Fsp3) is 0.615. The summed E-state index contributed by atoms with van der Waals surface area (Å²) in [6, 6.07) is 4.65. The van der Waals surface area contributed by atoms with Crippen LogP contribution in [0.1, 0.15) is 54.4 Å². The summed E-state index contributed by atoms with van der Waals surface area (Å²) < 4.78 is 52.7. The zero-order valence-corrected chi connectivity index (χ0v) is 22.2. The molecule has 0 saturated carbocycles. The number of alkyl halides is 2. The molecule has 0 bridgehead atoms. The number of nitrogens with two attached hydrogens (primary N) is 1. The third kappa shape index (κ3) is 6.56. The van der Waals surface area contributed by atoms with E-state index in [1.54, 1.807) is 6.07 Å². The van der Waals surface area contributed by atoms with Crippen molar-refractivity contribution in [2.45, 2.75) is 90.3 Å². The van der Waals surface area contributed by atoms with Crippen molar-refractivity contribution in [2.75, 3.05) is 24.1 Å². The molecule has 0 unspecified atom stereocenters. The van der Waals surface area contributed by atoms with Crippen molar-refractivity contribution < 1.29 is 22.6 Å². The van der Waals surface area contributed by atoms with Crippen molar-refractivity contribution in [1.82, 2.24) is 20.2 Å². The third-order valence-electron chi connectivity index (χ3n) is 6.73. The summed E-state index contributed by atoms with van der Waals surface area (Å²) in [6.07, 6.45) is 1.33. The molecule has 2 aromatic rings. The predicted molar refractivity (Wildman–Crippen MR) is 138 cm³/mol. The van der Waals surface area contributed by atoms with Gasteiger partial charge in [0.25, 0.3) is 0 Å². The number of halogens is 3. The minimum absolute atomic E-state index is 0.0269.